The minimum atomic E-state index is -0.458. The number of amides is 2. The standard InChI is InChI=1S/C24H31N3O2/c1-4-7-22(28)27-14-11-24(12-15-27,23(29)26(2)3)17-19-8-5-9-20(16-19)21-10-6-13-25-18-21/h5-6,8-10,13,16,18H,4,7,11-12,14-15,17H2,1-3H3. The van der Waals surface area contributed by atoms with Gasteiger partial charge in [-0.05, 0) is 48.4 Å². The smallest absolute Gasteiger partial charge is 0.228 e. The molecule has 0 aliphatic carbocycles. The SMILES string of the molecule is CCCC(=O)N1CCC(Cc2cccc(-c3cccnc3)c2)(C(=O)N(C)C)CC1. The number of hydrogen-bond donors (Lipinski definition) is 0. The Bertz CT molecular complexity index is 840. The van der Waals surface area contributed by atoms with Crippen LogP contribution in [0.3, 0.4) is 0 Å². The highest BCUT2D eigenvalue weighted by molar-refractivity contribution is 5.83. The summed E-state index contributed by atoms with van der Waals surface area (Å²) in [6.07, 6.45) is 7.17. The molecule has 29 heavy (non-hydrogen) atoms. The molecule has 1 saturated heterocycles. The van der Waals surface area contributed by atoms with Gasteiger partial charge < -0.3 is 9.80 Å². The summed E-state index contributed by atoms with van der Waals surface area (Å²) in [4.78, 5) is 33.3. The van der Waals surface area contributed by atoms with Gasteiger partial charge in [0.1, 0.15) is 0 Å². The first-order chi connectivity index (χ1) is 13.9. The van der Waals surface area contributed by atoms with Gasteiger partial charge in [0.25, 0.3) is 0 Å². The number of aromatic nitrogens is 1. The maximum Gasteiger partial charge on any atom is 0.228 e. The zero-order valence-corrected chi connectivity index (χ0v) is 17.7. The highest BCUT2D eigenvalue weighted by Gasteiger charge is 2.43. The summed E-state index contributed by atoms with van der Waals surface area (Å²) in [6.45, 7) is 3.33. The third-order valence-electron chi connectivity index (χ3n) is 5.86. The Labute approximate surface area is 173 Å². The Morgan fingerprint density at radius 1 is 1.10 bits per heavy atom. The summed E-state index contributed by atoms with van der Waals surface area (Å²) < 4.78 is 0. The van der Waals surface area contributed by atoms with Crippen molar-refractivity contribution < 1.29 is 9.59 Å². The highest BCUT2D eigenvalue weighted by atomic mass is 16.2. The van der Waals surface area contributed by atoms with Crippen LogP contribution < -0.4 is 0 Å². The minimum Gasteiger partial charge on any atom is -0.348 e. The predicted molar refractivity (Wildman–Crippen MR) is 115 cm³/mol. The zero-order valence-electron chi connectivity index (χ0n) is 17.7. The lowest BCUT2D eigenvalue weighted by Gasteiger charge is -2.42. The lowest BCUT2D eigenvalue weighted by atomic mass is 9.72. The van der Waals surface area contributed by atoms with E-state index in [0.29, 0.717) is 38.8 Å². The Hall–Kier alpha value is -2.69. The number of rotatable bonds is 6. The fourth-order valence-electron chi connectivity index (χ4n) is 4.28. The summed E-state index contributed by atoms with van der Waals surface area (Å²) in [7, 11) is 3.65. The van der Waals surface area contributed by atoms with Gasteiger partial charge in [-0.1, -0.05) is 37.3 Å². The van der Waals surface area contributed by atoms with Gasteiger partial charge in [0, 0.05) is 46.0 Å². The third kappa shape index (κ3) is 4.84. The van der Waals surface area contributed by atoms with Crippen LogP contribution in [0.15, 0.2) is 48.8 Å². The summed E-state index contributed by atoms with van der Waals surface area (Å²) in [5, 5.41) is 0. The molecule has 5 nitrogen and oxygen atoms in total. The number of carbonyl (C=O) groups excluding carboxylic acids is 2. The fourth-order valence-corrected chi connectivity index (χ4v) is 4.28. The topological polar surface area (TPSA) is 53.5 Å². The number of nitrogens with zero attached hydrogens (tertiary/aromatic N) is 3. The fraction of sp³-hybridized carbons (Fsp3) is 0.458. The number of hydrogen-bond acceptors (Lipinski definition) is 3. The van der Waals surface area contributed by atoms with Crippen LogP contribution in [0.25, 0.3) is 11.1 Å². The third-order valence-corrected chi connectivity index (χ3v) is 5.86. The van der Waals surface area contributed by atoms with Crippen LogP contribution in [0.5, 0.6) is 0 Å². The number of benzene rings is 1. The maximum atomic E-state index is 13.2. The molecule has 1 aliphatic rings. The molecule has 1 aliphatic heterocycles. The Morgan fingerprint density at radius 2 is 1.83 bits per heavy atom. The van der Waals surface area contributed by atoms with Gasteiger partial charge in [-0.2, -0.15) is 0 Å². The molecule has 0 N–H and O–H groups in total. The molecule has 0 saturated carbocycles. The minimum absolute atomic E-state index is 0.159. The molecule has 0 spiro atoms. The zero-order chi connectivity index (χ0) is 20.9. The lowest BCUT2D eigenvalue weighted by molar-refractivity contribution is -0.146. The Morgan fingerprint density at radius 3 is 2.45 bits per heavy atom. The van der Waals surface area contributed by atoms with Crippen LogP contribution >= 0.6 is 0 Å². The Balaban J connectivity index is 1.83. The van der Waals surface area contributed by atoms with Crippen molar-refractivity contribution in [2.45, 2.75) is 39.0 Å². The second kappa shape index (κ2) is 9.21. The summed E-state index contributed by atoms with van der Waals surface area (Å²) in [6, 6.07) is 12.4. The van der Waals surface area contributed by atoms with Crippen LogP contribution in [0.4, 0.5) is 0 Å². The molecule has 154 valence electrons. The van der Waals surface area contributed by atoms with Gasteiger partial charge in [0.15, 0.2) is 0 Å². The van der Waals surface area contributed by atoms with Gasteiger partial charge in [-0.25, -0.2) is 0 Å². The molecular formula is C24H31N3O2. The quantitative estimate of drug-likeness (QED) is 0.750. The highest BCUT2D eigenvalue weighted by Crippen LogP contribution is 2.37. The summed E-state index contributed by atoms with van der Waals surface area (Å²) in [5.74, 6) is 0.365. The van der Waals surface area contributed by atoms with Crippen molar-refractivity contribution in [3.8, 4) is 11.1 Å². The van der Waals surface area contributed by atoms with Gasteiger partial charge in [-0.3, -0.25) is 14.6 Å². The average molecular weight is 394 g/mol. The van der Waals surface area contributed by atoms with E-state index in [-0.39, 0.29) is 11.8 Å². The molecule has 1 fully saturated rings. The van der Waals surface area contributed by atoms with Crippen molar-refractivity contribution in [2.24, 2.45) is 5.41 Å². The second-order valence-corrected chi connectivity index (χ2v) is 8.23. The van der Waals surface area contributed by atoms with E-state index in [2.05, 4.69) is 23.2 Å². The molecule has 0 atom stereocenters. The second-order valence-electron chi connectivity index (χ2n) is 8.23. The normalized spacial score (nSPS) is 15.8. The van der Waals surface area contributed by atoms with E-state index in [1.54, 1.807) is 11.1 Å². The number of likely N-dealkylation sites (tertiary alicyclic amines) is 1. The molecule has 1 aromatic heterocycles. The first-order valence-corrected chi connectivity index (χ1v) is 10.4. The molecule has 0 bridgehead atoms. The van der Waals surface area contributed by atoms with Crippen LogP contribution in [0.1, 0.15) is 38.2 Å². The first kappa shape index (κ1) is 21.0. The lowest BCUT2D eigenvalue weighted by Crippen LogP contribution is -2.50. The molecule has 0 radical (unpaired) electrons. The van der Waals surface area contributed by atoms with Crippen molar-refractivity contribution in [1.29, 1.82) is 0 Å². The first-order valence-electron chi connectivity index (χ1n) is 10.4. The van der Waals surface area contributed by atoms with Crippen LogP contribution in [0, 0.1) is 5.41 Å². The van der Waals surface area contributed by atoms with E-state index in [4.69, 9.17) is 0 Å². The van der Waals surface area contributed by atoms with Crippen molar-refractivity contribution in [2.75, 3.05) is 27.2 Å². The van der Waals surface area contributed by atoms with E-state index < -0.39 is 5.41 Å². The van der Waals surface area contributed by atoms with Gasteiger partial charge >= 0.3 is 0 Å². The monoisotopic (exact) mass is 393 g/mol. The molecule has 3 rings (SSSR count). The van der Waals surface area contributed by atoms with Gasteiger partial charge in [0.05, 0.1) is 5.41 Å². The summed E-state index contributed by atoms with van der Waals surface area (Å²) in [5.41, 5.74) is 2.87. The largest absolute Gasteiger partial charge is 0.348 e. The molecule has 2 aromatic rings. The van der Waals surface area contributed by atoms with Crippen molar-refractivity contribution in [3.63, 3.8) is 0 Å². The summed E-state index contributed by atoms with van der Waals surface area (Å²) >= 11 is 0. The maximum absolute atomic E-state index is 13.2. The predicted octanol–water partition coefficient (Wildman–Crippen LogP) is 3.79. The molecule has 1 aromatic carbocycles. The van der Waals surface area contributed by atoms with Crippen LogP contribution in [-0.4, -0.2) is 53.8 Å². The van der Waals surface area contributed by atoms with E-state index in [9.17, 15) is 9.59 Å². The van der Waals surface area contributed by atoms with Crippen molar-refractivity contribution in [3.05, 3.63) is 54.4 Å². The molecule has 0 unspecified atom stereocenters. The molecule has 2 heterocycles. The van der Waals surface area contributed by atoms with Crippen molar-refractivity contribution in [1.82, 2.24) is 14.8 Å². The molecule has 2 amide bonds. The van der Waals surface area contributed by atoms with E-state index >= 15 is 0 Å². The Kier molecular flexibility index (Phi) is 6.68. The van der Waals surface area contributed by atoms with E-state index in [1.807, 2.05) is 50.3 Å². The van der Waals surface area contributed by atoms with Crippen LogP contribution in [0.2, 0.25) is 0 Å². The van der Waals surface area contributed by atoms with E-state index in [0.717, 1.165) is 23.1 Å². The number of pyridine rings is 1. The van der Waals surface area contributed by atoms with Crippen LogP contribution in [-0.2, 0) is 16.0 Å². The van der Waals surface area contributed by atoms with Gasteiger partial charge in [0.2, 0.25) is 11.8 Å². The van der Waals surface area contributed by atoms with Crippen molar-refractivity contribution >= 4 is 11.8 Å². The average Bonchev–Trinajstić information content (AvgIpc) is 2.74. The number of carbonyl (C=O) groups is 2. The van der Waals surface area contributed by atoms with Gasteiger partial charge in [-0.15, -0.1) is 0 Å². The van der Waals surface area contributed by atoms with E-state index in [1.165, 1.54) is 0 Å². The number of piperidine rings is 1. The molecule has 5 heteroatoms. The molecular weight excluding hydrogens is 362 g/mol.